The number of thiophene rings is 1. The lowest BCUT2D eigenvalue weighted by atomic mass is 9.99. The maximum atomic E-state index is 12.7. The van der Waals surface area contributed by atoms with Gasteiger partial charge in [-0.1, -0.05) is 23.4 Å². The minimum atomic E-state index is -0.0155. The molecule has 1 N–H and O–H groups in total. The first kappa shape index (κ1) is 14.3. The zero-order chi connectivity index (χ0) is 15.0. The van der Waals surface area contributed by atoms with Gasteiger partial charge < -0.3 is 10.1 Å². The van der Waals surface area contributed by atoms with Crippen molar-refractivity contribution in [2.45, 2.75) is 13.3 Å². The summed E-state index contributed by atoms with van der Waals surface area (Å²) in [7, 11) is 0. The second-order valence-electron chi connectivity index (χ2n) is 4.84. The van der Waals surface area contributed by atoms with Crippen LogP contribution >= 0.6 is 27.3 Å². The molecule has 1 aliphatic rings. The fraction of sp³-hybridized carbons (Fsp3) is 0.200. The van der Waals surface area contributed by atoms with E-state index in [-0.39, 0.29) is 5.91 Å². The largest absolute Gasteiger partial charge is 0.411 e. The predicted octanol–water partition coefficient (Wildman–Crippen LogP) is 4.05. The summed E-state index contributed by atoms with van der Waals surface area (Å²) in [6, 6.07) is 9.42. The second-order valence-corrected chi connectivity index (χ2v) is 7.21. The van der Waals surface area contributed by atoms with E-state index in [2.05, 4.69) is 21.1 Å². The molecule has 2 heterocycles. The van der Waals surface area contributed by atoms with E-state index in [0.717, 1.165) is 20.6 Å². The topological polar surface area (TPSA) is 52.9 Å². The van der Waals surface area contributed by atoms with Gasteiger partial charge in [-0.05, 0) is 40.5 Å². The highest BCUT2D eigenvalue weighted by Gasteiger charge is 2.28. The van der Waals surface area contributed by atoms with Crippen molar-refractivity contribution < 1.29 is 10.0 Å². The Morgan fingerprint density at radius 1 is 1.43 bits per heavy atom. The van der Waals surface area contributed by atoms with Crippen molar-refractivity contribution in [1.29, 1.82) is 0 Å². The Balaban J connectivity index is 2.02. The highest BCUT2D eigenvalue weighted by atomic mass is 79.9. The number of nitrogens with zero attached hydrogens (tertiary/aromatic N) is 2. The van der Waals surface area contributed by atoms with Gasteiger partial charge in [-0.3, -0.25) is 4.79 Å². The predicted molar refractivity (Wildman–Crippen MR) is 87.8 cm³/mol. The monoisotopic (exact) mass is 364 g/mol. The highest BCUT2D eigenvalue weighted by Crippen LogP contribution is 2.32. The van der Waals surface area contributed by atoms with Crippen molar-refractivity contribution in [3.8, 4) is 0 Å². The summed E-state index contributed by atoms with van der Waals surface area (Å²) in [6.07, 6.45) is 0.546. The summed E-state index contributed by atoms with van der Waals surface area (Å²) in [4.78, 5) is 15.2. The van der Waals surface area contributed by atoms with Crippen LogP contribution in [0.15, 0.2) is 39.3 Å². The number of carbonyl (C=O) groups excluding carboxylic acids is 1. The standard InChI is InChI=1S/C15H13BrN2O2S/c1-9-8-13(21-14(9)16)15(19)18-7-6-11(17-20)10-4-2-3-5-12(10)18/h2-5,8,20H,6-7H2,1H3/b17-11-. The molecule has 0 unspecified atom stereocenters. The molecule has 0 saturated carbocycles. The van der Waals surface area contributed by atoms with Gasteiger partial charge in [-0.25, -0.2) is 0 Å². The number of halogens is 1. The summed E-state index contributed by atoms with van der Waals surface area (Å²) in [5.74, 6) is -0.0155. The summed E-state index contributed by atoms with van der Waals surface area (Å²) < 4.78 is 0.980. The third-order valence-corrected chi connectivity index (χ3v) is 5.64. The highest BCUT2D eigenvalue weighted by molar-refractivity contribution is 9.11. The normalized spacial score (nSPS) is 16.1. The van der Waals surface area contributed by atoms with Crippen LogP contribution in [-0.2, 0) is 0 Å². The second kappa shape index (κ2) is 5.61. The first-order valence-corrected chi connectivity index (χ1v) is 8.11. The Bertz CT molecular complexity index is 720. The Kier molecular flexibility index (Phi) is 3.82. The van der Waals surface area contributed by atoms with Crippen LogP contribution in [0.5, 0.6) is 0 Å². The molecule has 0 aliphatic carbocycles. The number of hydrogen-bond donors (Lipinski definition) is 1. The molecule has 108 valence electrons. The lowest BCUT2D eigenvalue weighted by Crippen LogP contribution is -2.37. The van der Waals surface area contributed by atoms with E-state index < -0.39 is 0 Å². The molecule has 0 bridgehead atoms. The summed E-state index contributed by atoms with van der Waals surface area (Å²) >= 11 is 4.90. The molecule has 2 aromatic rings. The quantitative estimate of drug-likeness (QED) is 0.612. The average Bonchev–Trinajstić information content (AvgIpc) is 2.85. The molecule has 1 amide bonds. The van der Waals surface area contributed by atoms with Crippen LogP contribution < -0.4 is 4.90 Å². The molecule has 0 spiro atoms. The summed E-state index contributed by atoms with van der Waals surface area (Å²) in [5.41, 5.74) is 3.29. The summed E-state index contributed by atoms with van der Waals surface area (Å²) in [6.45, 7) is 2.49. The fourth-order valence-corrected chi connectivity index (χ4v) is 3.92. The van der Waals surface area contributed by atoms with E-state index in [4.69, 9.17) is 5.21 Å². The van der Waals surface area contributed by atoms with Gasteiger partial charge in [0.15, 0.2) is 0 Å². The Hall–Kier alpha value is -1.66. The van der Waals surface area contributed by atoms with Crippen molar-refractivity contribution >= 4 is 44.6 Å². The fourth-order valence-electron chi connectivity index (χ4n) is 2.44. The number of hydrogen-bond acceptors (Lipinski definition) is 4. The van der Waals surface area contributed by atoms with E-state index in [0.29, 0.717) is 23.6 Å². The van der Waals surface area contributed by atoms with Gasteiger partial charge in [-0.15, -0.1) is 11.3 Å². The molecule has 6 heteroatoms. The van der Waals surface area contributed by atoms with Gasteiger partial charge in [0.05, 0.1) is 20.1 Å². The SMILES string of the molecule is Cc1cc(C(=O)N2CC/C(=N/O)c3ccccc32)sc1Br. The Morgan fingerprint density at radius 2 is 2.19 bits per heavy atom. The molecule has 4 nitrogen and oxygen atoms in total. The van der Waals surface area contributed by atoms with Crippen LogP contribution in [0.2, 0.25) is 0 Å². The number of para-hydroxylation sites is 1. The van der Waals surface area contributed by atoms with Crippen LogP contribution in [0.1, 0.15) is 27.2 Å². The van der Waals surface area contributed by atoms with Crippen molar-refractivity contribution in [1.82, 2.24) is 0 Å². The third kappa shape index (κ3) is 2.49. The Morgan fingerprint density at radius 3 is 2.86 bits per heavy atom. The van der Waals surface area contributed by atoms with Crippen molar-refractivity contribution in [3.63, 3.8) is 0 Å². The Labute approximate surface area is 134 Å². The van der Waals surface area contributed by atoms with Gasteiger partial charge in [0.25, 0.3) is 5.91 Å². The molecule has 1 aromatic heterocycles. The molecular weight excluding hydrogens is 352 g/mol. The minimum absolute atomic E-state index is 0.0155. The van der Waals surface area contributed by atoms with Gasteiger partial charge in [-0.2, -0.15) is 0 Å². The number of oxime groups is 1. The van der Waals surface area contributed by atoms with E-state index >= 15 is 0 Å². The van der Waals surface area contributed by atoms with Gasteiger partial charge in [0, 0.05) is 18.5 Å². The van der Waals surface area contributed by atoms with Crippen molar-refractivity contribution in [2.75, 3.05) is 11.4 Å². The zero-order valence-electron chi connectivity index (χ0n) is 11.3. The van der Waals surface area contributed by atoms with E-state index in [1.54, 1.807) is 4.90 Å². The first-order valence-electron chi connectivity index (χ1n) is 6.50. The molecule has 1 aliphatic heterocycles. The van der Waals surface area contributed by atoms with Crippen molar-refractivity contribution in [2.24, 2.45) is 5.16 Å². The van der Waals surface area contributed by atoms with E-state index in [9.17, 15) is 4.79 Å². The van der Waals surface area contributed by atoms with Gasteiger partial charge in [0.2, 0.25) is 0 Å². The first-order chi connectivity index (χ1) is 10.1. The smallest absolute Gasteiger partial charge is 0.268 e. The number of aryl methyl sites for hydroxylation is 1. The van der Waals surface area contributed by atoms with Crippen LogP contribution in [0.25, 0.3) is 0 Å². The van der Waals surface area contributed by atoms with Gasteiger partial charge in [0.1, 0.15) is 0 Å². The molecule has 0 radical (unpaired) electrons. The van der Waals surface area contributed by atoms with Crippen LogP contribution in [0.3, 0.4) is 0 Å². The molecule has 3 rings (SSSR count). The molecule has 0 fully saturated rings. The van der Waals surface area contributed by atoms with E-state index in [1.165, 1.54) is 11.3 Å². The molecule has 0 atom stereocenters. The molecule has 1 aromatic carbocycles. The molecule has 0 saturated heterocycles. The van der Waals surface area contributed by atoms with Crippen LogP contribution in [0, 0.1) is 6.92 Å². The molecular formula is C15H13BrN2O2S. The number of benzene rings is 1. The van der Waals surface area contributed by atoms with Crippen molar-refractivity contribution in [3.05, 3.63) is 50.1 Å². The van der Waals surface area contributed by atoms with Gasteiger partial charge >= 0.3 is 0 Å². The third-order valence-electron chi connectivity index (χ3n) is 3.51. The summed E-state index contributed by atoms with van der Waals surface area (Å²) in [5, 5.41) is 12.4. The zero-order valence-corrected chi connectivity index (χ0v) is 13.7. The van der Waals surface area contributed by atoms with Crippen LogP contribution in [0.4, 0.5) is 5.69 Å². The number of fused-ring (bicyclic) bond motifs is 1. The van der Waals surface area contributed by atoms with Crippen LogP contribution in [-0.4, -0.2) is 23.4 Å². The molecule has 21 heavy (non-hydrogen) atoms. The number of anilines is 1. The number of carbonyl (C=O) groups is 1. The maximum absolute atomic E-state index is 12.7. The lowest BCUT2D eigenvalue weighted by molar-refractivity contribution is 0.0991. The average molecular weight is 365 g/mol. The maximum Gasteiger partial charge on any atom is 0.268 e. The number of amides is 1. The number of rotatable bonds is 1. The lowest BCUT2D eigenvalue weighted by Gasteiger charge is -2.29. The minimum Gasteiger partial charge on any atom is -0.411 e. The van der Waals surface area contributed by atoms with E-state index in [1.807, 2.05) is 37.3 Å².